The van der Waals surface area contributed by atoms with Crippen LogP contribution in [0.3, 0.4) is 0 Å². The fourth-order valence-electron chi connectivity index (χ4n) is 1.04. The van der Waals surface area contributed by atoms with E-state index in [1.807, 2.05) is 0 Å². The number of hydrogen-bond acceptors (Lipinski definition) is 3. The minimum absolute atomic E-state index is 0.0445. The molecule has 13 heavy (non-hydrogen) atoms. The number of rotatable bonds is 1. The third kappa shape index (κ3) is 1.15. The predicted molar refractivity (Wildman–Crippen MR) is 46.0 cm³/mol. The van der Waals surface area contributed by atoms with E-state index in [0.717, 1.165) is 0 Å². The van der Waals surface area contributed by atoms with Crippen molar-refractivity contribution in [2.45, 2.75) is 0 Å². The van der Waals surface area contributed by atoms with E-state index in [-0.39, 0.29) is 10.8 Å². The molecule has 2 heterocycles. The second kappa shape index (κ2) is 2.74. The Hall–Kier alpha value is -1.55. The van der Waals surface area contributed by atoms with E-state index in [0.29, 0.717) is 11.1 Å². The monoisotopic (exact) mass is 197 g/mol. The lowest BCUT2D eigenvalue weighted by molar-refractivity contribution is 0.0665. The normalized spacial score (nSPS) is 10.5. The molecule has 2 rings (SSSR count). The highest BCUT2D eigenvalue weighted by molar-refractivity contribution is 6.37. The van der Waals surface area contributed by atoms with Crippen LogP contribution in [0.5, 0.6) is 0 Å². The summed E-state index contributed by atoms with van der Waals surface area (Å²) in [5, 5.41) is 8.71. The Bertz CT molecular complexity index is 477. The quantitative estimate of drug-likeness (QED) is 0.761. The van der Waals surface area contributed by atoms with Crippen LogP contribution in [0, 0.1) is 0 Å². The molecule has 0 aliphatic heterocycles. The smallest absolute Gasteiger partial charge is 0.373 e. The average Bonchev–Trinajstić information content (AvgIpc) is 2.45. The molecule has 0 atom stereocenters. The molecule has 0 aromatic carbocycles. The van der Waals surface area contributed by atoms with Crippen molar-refractivity contribution in [2.24, 2.45) is 0 Å². The van der Waals surface area contributed by atoms with Crippen LogP contribution in [-0.4, -0.2) is 16.1 Å². The highest BCUT2D eigenvalue weighted by atomic mass is 35.5. The molecule has 0 aliphatic carbocycles. The predicted octanol–water partition coefficient (Wildman–Crippen LogP) is 2.18. The van der Waals surface area contributed by atoms with Gasteiger partial charge in [0.2, 0.25) is 5.76 Å². The third-order valence-corrected chi connectivity index (χ3v) is 1.93. The fourth-order valence-corrected chi connectivity index (χ4v) is 1.30. The summed E-state index contributed by atoms with van der Waals surface area (Å²) in [6.07, 6.45) is 1.52. The summed E-state index contributed by atoms with van der Waals surface area (Å²) in [5.41, 5.74) is 0.756. The molecule has 0 unspecified atom stereocenters. The summed E-state index contributed by atoms with van der Waals surface area (Å²) in [7, 11) is 0. The van der Waals surface area contributed by atoms with Crippen LogP contribution in [0.1, 0.15) is 10.6 Å². The van der Waals surface area contributed by atoms with Crippen LogP contribution in [0.15, 0.2) is 22.7 Å². The van der Waals surface area contributed by atoms with Crippen molar-refractivity contribution in [3.05, 3.63) is 29.1 Å². The van der Waals surface area contributed by atoms with Gasteiger partial charge in [0.25, 0.3) is 0 Å². The maximum Gasteiger partial charge on any atom is 0.373 e. The molecule has 1 N–H and O–H groups in total. The highest BCUT2D eigenvalue weighted by Crippen LogP contribution is 2.28. The first-order chi connectivity index (χ1) is 6.20. The number of pyridine rings is 1. The second-order valence-electron chi connectivity index (χ2n) is 2.40. The number of fused-ring (bicyclic) bond motifs is 1. The molecule has 66 valence electrons. The van der Waals surface area contributed by atoms with Gasteiger partial charge < -0.3 is 9.52 Å². The maximum atomic E-state index is 10.6. The average molecular weight is 198 g/mol. The van der Waals surface area contributed by atoms with Crippen molar-refractivity contribution in [3.63, 3.8) is 0 Å². The summed E-state index contributed by atoms with van der Waals surface area (Å²) in [5.74, 6) is -1.46. The lowest BCUT2D eigenvalue weighted by Crippen LogP contribution is -1.93. The number of nitrogens with zero attached hydrogens (tertiary/aromatic N) is 1. The standard InChI is InChI=1S/C8H4ClNO3/c9-5-6-4(2-1-3-10-6)13-7(5)8(11)12/h1-3H,(H,11,12). The maximum absolute atomic E-state index is 10.6. The number of hydrogen-bond donors (Lipinski definition) is 1. The van der Waals surface area contributed by atoms with Crippen LogP contribution in [0.2, 0.25) is 5.02 Å². The van der Waals surface area contributed by atoms with Crippen molar-refractivity contribution in [1.82, 2.24) is 4.98 Å². The molecule has 0 fully saturated rings. The zero-order valence-corrected chi connectivity index (χ0v) is 7.08. The molecule has 2 aromatic rings. The van der Waals surface area contributed by atoms with E-state index in [9.17, 15) is 4.79 Å². The number of carbonyl (C=O) groups is 1. The molecular formula is C8H4ClNO3. The largest absolute Gasteiger partial charge is 0.475 e. The van der Waals surface area contributed by atoms with E-state index >= 15 is 0 Å². The van der Waals surface area contributed by atoms with Gasteiger partial charge in [-0.3, -0.25) is 4.98 Å². The topological polar surface area (TPSA) is 63.3 Å². The summed E-state index contributed by atoms with van der Waals surface area (Å²) in [6.45, 7) is 0. The number of aromatic carboxylic acids is 1. The molecule has 0 aliphatic rings. The van der Waals surface area contributed by atoms with E-state index in [4.69, 9.17) is 21.1 Å². The van der Waals surface area contributed by atoms with Crippen LogP contribution in [0.4, 0.5) is 0 Å². The second-order valence-corrected chi connectivity index (χ2v) is 2.78. The molecule has 0 spiro atoms. The van der Waals surface area contributed by atoms with Gasteiger partial charge in [0, 0.05) is 6.20 Å². The molecule has 0 radical (unpaired) electrons. The first kappa shape index (κ1) is 8.07. The van der Waals surface area contributed by atoms with Crippen molar-refractivity contribution in [1.29, 1.82) is 0 Å². The molecule has 5 heteroatoms. The number of carboxylic acids is 1. The Morgan fingerprint density at radius 1 is 1.62 bits per heavy atom. The summed E-state index contributed by atoms with van der Waals surface area (Å²) in [6, 6.07) is 3.26. The highest BCUT2D eigenvalue weighted by Gasteiger charge is 2.18. The van der Waals surface area contributed by atoms with Crippen molar-refractivity contribution < 1.29 is 14.3 Å². The van der Waals surface area contributed by atoms with Crippen LogP contribution in [-0.2, 0) is 0 Å². The first-order valence-corrected chi connectivity index (χ1v) is 3.84. The molecule has 0 saturated carbocycles. The van der Waals surface area contributed by atoms with Crippen LogP contribution >= 0.6 is 11.6 Å². The van der Waals surface area contributed by atoms with Gasteiger partial charge in [0.15, 0.2) is 5.58 Å². The van der Waals surface area contributed by atoms with Gasteiger partial charge in [-0.15, -0.1) is 0 Å². The van der Waals surface area contributed by atoms with Gasteiger partial charge in [-0.05, 0) is 12.1 Å². The van der Waals surface area contributed by atoms with Crippen molar-refractivity contribution >= 4 is 28.7 Å². The summed E-state index contributed by atoms with van der Waals surface area (Å²) in [4.78, 5) is 14.5. The van der Waals surface area contributed by atoms with Crippen molar-refractivity contribution in [3.8, 4) is 0 Å². The fraction of sp³-hybridized carbons (Fsp3) is 0. The molecule has 0 bridgehead atoms. The Balaban J connectivity index is 2.81. The lowest BCUT2D eigenvalue weighted by atomic mass is 10.4. The Morgan fingerprint density at radius 3 is 3.00 bits per heavy atom. The first-order valence-electron chi connectivity index (χ1n) is 3.46. The van der Waals surface area contributed by atoms with Gasteiger partial charge in [0.05, 0.1) is 0 Å². The molecule has 0 amide bonds. The zero-order chi connectivity index (χ0) is 9.42. The van der Waals surface area contributed by atoms with E-state index in [1.165, 1.54) is 6.20 Å². The third-order valence-electron chi connectivity index (χ3n) is 1.58. The zero-order valence-electron chi connectivity index (χ0n) is 6.32. The van der Waals surface area contributed by atoms with E-state index in [2.05, 4.69) is 4.98 Å². The van der Waals surface area contributed by atoms with E-state index in [1.54, 1.807) is 12.1 Å². The van der Waals surface area contributed by atoms with E-state index < -0.39 is 5.97 Å². The van der Waals surface area contributed by atoms with Crippen LogP contribution < -0.4 is 0 Å². The summed E-state index contributed by atoms with van der Waals surface area (Å²) < 4.78 is 4.97. The number of aromatic nitrogens is 1. The Morgan fingerprint density at radius 2 is 2.38 bits per heavy atom. The van der Waals surface area contributed by atoms with Gasteiger partial charge >= 0.3 is 5.97 Å². The van der Waals surface area contributed by atoms with Gasteiger partial charge in [-0.2, -0.15) is 0 Å². The SMILES string of the molecule is O=C(O)c1oc2cccnc2c1Cl. The van der Waals surface area contributed by atoms with Crippen LogP contribution in [0.25, 0.3) is 11.1 Å². The van der Waals surface area contributed by atoms with Gasteiger partial charge in [0.1, 0.15) is 10.5 Å². The minimum Gasteiger partial charge on any atom is -0.475 e. The Kier molecular flexibility index (Phi) is 1.70. The van der Waals surface area contributed by atoms with Gasteiger partial charge in [-0.25, -0.2) is 4.79 Å². The molecular weight excluding hydrogens is 194 g/mol. The number of carboxylic acid groups (broad SMARTS) is 1. The number of furan rings is 1. The van der Waals surface area contributed by atoms with Gasteiger partial charge in [-0.1, -0.05) is 11.6 Å². The van der Waals surface area contributed by atoms with Crippen molar-refractivity contribution in [2.75, 3.05) is 0 Å². The number of halogens is 1. The lowest BCUT2D eigenvalue weighted by Gasteiger charge is -1.84. The molecule has 2 aromatic heterocycles. The summed E-state index contributed by atoms with van der Waals surface area (Å²) >= 11 is 5.72. The molecule has 0 saturated heterocycles. The molecule has 4 nitrogen and oxygen atoms in total. The Labute approximate surface area is 77.8 Å². The minimum atomic E-state index is -1.19.